The molecular formula is C12H14BrNO3. The first-order chi connectivity index (χ1) is 8.17. The summed E-state index contributed by atoms with van der Waals surface area (Å²) < 4.78 is 11.3. The van der Waals surface area contributed by atoms with E-state index in [0.717, 1.165) is 21.5 Å². The minimum atomic E-state index is -0.322. The quantitative estimate of drug-likeness (QED) is 0.871. The topological polar surface area (TPSA) is 47.6 Å². The smallest absolute Gasteiger partial charge is 0.328 e. The second kappa shape index (κ2) is 4.96. The number of benzene rings is 1. The van der Waals surface area contributed by atoms with Crippen LogP contribution in [0.1, 0.15) is 12.5 Å². The summed E-state index contributed by atoms with van der Waals surface area (Å²) in [4.78, 5) is 11.7. The highest BCUT2D eigenvalue weighted by Gasteiger charge is 2.31. The summed E-state index contributed by atoms with van der Waals surface area (Å²) in [6.45, 7) is 2.20. The number of carbonyl (C=O) groups is 1. The molecule has 0 bridgehead atoms. The molecule has 0 saturated carbocycles. The predicted molar refractivity (Wildman–Crippen MR) is 68.4 cm³/mol. The molecule has 4 nitrogen and oxygen atoms in total. The van der Waals surface area contributed by atoms with E-state index in [0.29, 0.717) is 13.0 Å². The van der Waals surface area contributed by atoms with Gasteiger partial charge in [-0.2, -0.15) is 0 Å². The number of hydrogen-bond acceptors (Lipinski definition) is 4. The molecule has 17 heavy (non-hydrogen) atoms. The van der Waals surface area contributed by atoms with Gasteiger partial charge in [0.05, 0.1) is 19.4 Å². The first kappa shape index (κ1) is 12.2. The van der Waals surface area contributed by atoms with Gasteiger partial charge in [0.1, 0.15) is 11.8 Å². The molecule has 1 atom stereocenters. The van der Waals surface area contributed by atoms with Crippen molar-refractivity contribution < 1.29 is 14.3 Å². The number of esters is 1. The van der Waals surface area contributed by atoms with Crippen LogP contribution in [0, 0.1) is 0 Å². The van der Waals surface area contributed by atoms with Crippen LogP contribution in [-0.2, 0) is 16.0 Å². The van der Waals surface area contributed by atoms with Gasteiger partial charge in [0.25, 0.3) is 0 Å². The molecule has 1 heterocycles. The minimum absolute atomic E-state index is 0.224. The van der Waals surface area contributed by atoms with Crippen molar-refractivity contribution in [2.45, 2.75) is 19.4 Å². The summed E-state index contributed by atoms with van der Waals surface area (Å²) in [6, 6.07) is 3.47. The van der Waals surface area contributed by atoms with E-state index in [1.54, 1.807) is 14.0 Å². The monoisotopic (exact) mass is 299 g/mol. The van der Waals surface area contributed by atoms with Gasteiger partial charge in [-0.05, 0) is 24.6 Å². The maximum atomic E-state index is 11.7. The maximum Gasteiger partial charge on any atom is 0.328 e. The summed E-state index contributed by atoms with van der Waals surface area (Å²) in [6.07, 6.45) is 0.617. The zero-order chi connectivity index (χ0) is 12.4. The van der Waals surface area contributed by atoms with Crippen molar-refractivity contribution in [3.05, 3.63) is 22.2 Å². The SMILES string of the molecule is CCOC(=O)C1Cc2c(Br)ccc(OC)c2N1. The van der Waals surface area contributed by atoms with Crippen LogP contribution >= 0.6 is 15.9 Å². The highest BCUT2D eigenvalue weighted by Crippen LogP contribution is 2.39. The second-order valence-corrected chi connectivity index (χ2v) is 4.61. The summed E-state index contributed by atoms with van der Waals surface area (Å²) in [5, 5.41) is 3.15. The molecule has 0 aliphatic carbocycles. The number of nitrogens with one attached hydrogen (secondary N) is 1. The molecule has 0 aromatic heterocycles. The second-order valence-electron chi connectivity index (χ2n) is 3.76. The van der Waals surface area contributed by atoms with Crippen molar-refractivity contribution in [3.8, 4) is 5.75 Å². The summed E-state index contributed by atoms with van der Waals surface area (Å²) in [5.41, 5.74) is 1.93. The number of hydrogen-bond donors (Lipinski definition) is 1. The predicted octanol–water partition coefficient (Wildman–Crippen LogP) is 2.36. The van der Waals surface area contributed by atoms with Crippen LogP contribution in [0.5, 0.6) is 5.75 Å². The van der Waals surface area contributed by atoms with E-state index in [1.807, 2.05) is 12.1 Å². The van der Waals surface area contributed by atoms with Crippen molar-refractivity contribution in [1.29, 1.82) is 0 Å². The van der Waals surface area contributed by atoms with E-state index in [9.17, 15) is 4.79 Å². The van der Waals surface area contributed by atoms with E-state index in [1.165, 1.54) is 0 Å². The van der Waals surface area contributed by atoms with Crippen molar-refractivity contribution in [2.24, 2.45) is 0 Å². The van der Waals surface area contributed by atoms with Crippen LogP contribution in [0.25, 0.3) is 0 Å². The highest BCUT2D eigenvalue weighted by molar-refractivity contribution is 9.10. The van der Waals surface area contributed by atoms with Crippen molar-refractivity contribution >= 4 is 27.6 Å². The van der Waals surface area contributed by atoms with Crippen LogP contribution in [0.3, 0.4) is 0 Å². The number of fused-ring (bicyclic) bond motifs is 1. The van der Waals surface area contributed by atoms with Gasteiger partial charge in [0.15, 0.2) is 0 Å². The zero-order valence-electron chi connectivity index (χ0n) is 9.75. The minimum Gasteiger partial charge on any atom is -0.495 e. The Kier molecular flexibility index (Phi) is 3.57. The Balaban J connectivity index is 2.26. The molecular weight excluding hydrogens is 286 g/mol. The van der Waals surface area contributed by atoms with Gasteiger partial charge >= 0.3 is 5.97 Å². The summed E-state index contributed by atoms with van der Waals surface area (Å²) >= 11 is 3.48. The Bertz CT molecular complexity index is 448. The number of halogens is 1. The Hall–Kier alpha value is -1.23. The molecule has 0 saturated heterocycles. The zero-order valence-corrected chi connectivity index (χ0v) is 11.3. The molecule has 5 heteroatoms. The molecule has 1 aliphatic heterocycles. The molecule has 1 aromatic carbocycles. The van der Waals surface area contributed by atoms with Crippen molar-refractivity contribution in [2.75, 3.05) is 19.0 Å². The fourth-order valence-corrected chi connectivity index (χ4v) is 2.44. The summed E-state index contributed by atoms with van der Waals surface area (Å²) in [7, 11) is 1.61. The summed E-state index contributed by atoms with van der Waals surface area (Å²) in [5.74, 6) is 0.521. The molecule has 1 N–H and O–H groups in total. The van der Waals surface area contributed by atoms with Crippen LogP contribution in [0.15, 0.2) is 16.6 Å². The number of methoxy groups -OCH3 is 1. The fraction of sp³-hybridized carbons (Fsp3) is 0.417. The molecule has 92 valence electrons. The Morgan fingerprint density at radius 2 is 2.35 bits per heavy atom. The van der Waals surface area contributed by atoms with E-state index in [4.69, 9.17) is 9.47 Å². The lowest BCUT2D eigenvalue weighted by Gasteiger charge is -2.11. The number of ether oxygens (including phenoxy) is 2. The molecule has 0 radical (unpaired) electrons. The Morgan fingerprint density at radius 1 is 1.59 bits per heavy atom. The molecule has 0 spiro atoms. The molecule has 1 unspecified atom stereocenters. The number of anilines is 1. The van der Waals surface area contributed by atoms with Gasteiger partial charge in [-0.3, -0.25) is 0 Å². The first-order valence-corrected chi connectivity index (χ1v) is 6.25. The van der Waals surface area contributed by atoms with Gasteiger partial charge in [-0.25, -0.2) is 4.79 Å². The Morgan fingerprint density at radius 3 is 3.00 bits per heavy atom. The lowest BCUT2D eigenvalue weighted by atomic mass is 10.1. The van der Waals surface area contributed by atoms with Gasteiger partial charge < -0.3 is 14.8 Å². The molecule has 0 amide bonds. The van der Waals surface area contributed by atoms with Crippen LogP contribution < -0.4 is 10.1 Å². The molecule has 2 rings (SSSR count). The van der Waals surface area contributed by atoms with Crippen LogP contribution in [-0.4, -0.2) is 25.7 Å². The maximum absolute atomic E-state index is 11.7. The van der Waals surface area contributed by atoms with Crippen molar-refractivity contribution in [3.63, 3.8) is 0 Å². The third-order valence-electron chi connectivity index (χ3n) is 2.74. The van der Waals surface area contributed by atoms with Gasteiger partial charge in [0.2, 0.25) is 0 Å². The van der Waals surface area contributed by atoms with Crippen molar-refractivity contribution in [1.82, 2.24) is 0 Å². The van der Waals surface area contributed by atoms with E-state index >= 15 is 0 Å². The van der Waals surface area contributed by atoms with Gasteiger partial charge in [-0.1, -0.05) is 15.9 Å². The average molecular weight is 300 g/mol. The molecule has 1 aromatic rings. The van der Waals surface area contributed by atoms with E-state index in [-0.39, 0.29) is 12.0 Å². The van der Waals surface area contributed by atoms with Gasteiger partial charge in [-0.15, -0.1) is 0 Å². The van der Waals surface area contributed by atoms with E-state index < -0.39 is 0 Å². The normalized spacial score (nSPS) is 17.2. The molecule has 0 fully saturated rings. The number of rotatable bonds is 3. The van der Waals surface area contributed by atoms with Crippen LogP contribution in [0.4, 0.5) is 5.69 Å². The standard InChI is InChI=1S/C12H14BrNO3/c1-3-17-12(15)9-6-7-8(13)4-5-10(16-2)11(7)14-9/h4-5,9,14H,3,6H2,1-2H3. The highest BCUT2D eigenvalue weighted by atomic mass is 79.9. The Labute approximate surface area is 108 Å². The largest absolute Gasteiger partial charge is 0.495 e. The fourth-order valence-electron chi connectivity index (χ4n) is 1.94. The van der Waals surface area contributed by atoms with Gasteiger partial charge in [0, 0.05) is 10.9 Å². The van der Waals surface area contributed by atoms with Crippen LogP contribution in [0.2, 0.25) is 0 Å². The lowest BCUT2D eigenvalue weighted by Crippen LogP contribution is -2.29. The average Bonchev–Trinajstić information content (AvgIpc) is 2.76. The third kappa shape index (κ3) is 2.24. The molecule has 1 aliphatic rings. The third-order valence-corrected chi connectivity index (χ3v) is 3.48. The van der Waals surface area contributed by atoms with E-state index in [2.05, 4.69) is 21.2 Å². The first-order valence-electron chi connectivity index (χ1n) is 5.46. The lowest BCUT2D eigenvalue weighted by molar-refractivity contribution is -0.143. The number of carbonyl (C=O) groups excluding carboxylic acids is 1.